The molecule has 1 saturated heterocycles. The molecule has 152 valence electrons. The van der Waals surface area contributed by atoms with Gasteiger partial charge in [-0.2, -0.15) is 10.1 Å². The summed E-state index contributed by atoms with van der Waals surface area (Å²) in [6, 6.07) is 7.83. The van der Waals surface area contributed by atoms with E-state index in [0.29, 0.717) is 37.8 Å². The van der Waals surface area contributed by atoms with E-state index in [0.717, 1.165) is 28.6 Å². The normalized spacial score (nSPS) is 14.3. The smallest absolute Gasteiger partial charge is 0.272 e. The van der Waals surface area contributed by atoms with Gasteiger partial charge in [0.2, 0.25) is 5.95 Å². The molecule has 3 aromatic heterocycles. The maximum absolute atomic E-state index is 13.0. The molecule has 0 spiro atoms. The Balaban J connectivity index is 1.44. The maximum atomic E-state index is 13.0. The number of hydrogen-bond acceptors (Lipinski definition) is 7. The Hall–Kier alpha value is -2.94. The number of nitrogens with zero attached hydrogens (tertiary/aromatic N) is 6. The number of thiophene rings is 1. The Kier molecular flexibility index (Phi) is 5.48. The number of anilines is 2. The molecule has 0 aromatic carbocycles. The van der Waals surface area contributed by atoms with Crippen molar-refractivity contribution in [3.05, 3.63) is 41.0 Å². The topological polar surface area (TPSA) is 79.2 Å². The van der Waals surface area contributed by atoms with Gasteiger partial charge in [-0.05, 0) is 31.4 Å². The SMILES string of the molecule is CCNc1cc(C)nc(N2CCN(C(=O)c3cc(-c4cccs4)nn3C)CC2)n1. The van der Waals surface area contributed by atoms with Crippen molar-refractivity contribution in [3.8, 4) is 10.6 Å². The molecule has 0 unspecified atom stereocenters. The molecular weight excluding hydrogens is 386 g/mol. The molecule has 1 aliphatic rings. The van der Waals surface area contributed by atoms with Crippen molar-refractivity contribution in [2.24, 2.45) is 7.05 Å². The molecule has 29 heavy (non-hydrogen) atoms. The number of aromatic nitrogens is 4. The molecule has 1 N–H and O–H groups in total. The predicted molar refractivity (Wildman–Crippen MR) is 116 cm³/mol. The Morgan fingerprint density at radius 2 is 2.00 bits per heavy atom. The number of carbonyl (C=O) groups is 1. The van der Waals surface area contributed by atoms with Crippen molar-refractivity contribution in [1.29, 1.82) is 0 Å². The van der Waals surface area contributed by atoms with Gasteiger partial charge in [0.05, 0.1) is 4.88 Å². The van der Waals surface area contributed by atoms with Crippen molar-refractivity contribution in [2.45, 2.75) is 13.8 Å². The minimum absolute atomic E-state index is 0.0148. The molecular formula is C20H25N7OS. The van der Waals surface area contributed by atoms with Gasteiger partial charge < -0.3 is 15.1 Å². The lowest BCUT2D eigenvalue weighted by atomic mass is 10.2. The van der Waals surface area contributed by atoms with Crippen molar-refractivity contribution < 1.29 is 4.79 Å². The summed E-state index contributed by atoms with van der Waals surface area (Å²) in [4.78, 5) is 27.3. The first kappa shape index (κ1) is 19.4. The second kappa shape index (κ2) is 8.20. The van der Waals surface area contributed by atoms with Gasteiger partial charge in [-0.15, -0.1) is 11.3 Å². The molecule has 3 aromatic rings. The summed E-state index contributed by atoms with van der Waals surface area (Å²) in [5.41, 5.74) is 2.39. The molecule has 9 heteroatoms. The van der Waals surface area contributed by atoms with Crippen molar-refractivity contribution >= 4 is 29.0 Å². The number of nitrogens with one attached hydrogen (secondary N) is 1. The van der Waals surface area contributed by atoms with E-state index < -0.39 is 0 Å². The van der Waals surface area contributed by atoms with Crippen LogP contribution in [-0.2, 0) is 7.05 Å². The second-order valence-electron chi connectivity index (χ2n) is 7.02. The summed E-state index contributed by atoms with van der Waals surface area (Å²) in [5, 5.41) is 9.77. The average molecular weight is 412 g/mol. The molecule has 0 aliphatic carbocycles. The molecule has 1 aliphatic heterocycles. The highest BCUT2D eigenvalue weighted by molar-refractivity contribution is 7.13. The van der Waals surface area contributed by atoms with E-state index in [-0.39, 0.29) is 5.91 Å². The third kappa shape index (κ3) is 4.09. The van der Waals surface area contributed by atoms with Crippen LogP contribution in [0.4, 0.5) is 11.8 Å². The molecule has 4 rings (SSSR count). The minimum Gasteiger partial charge on any atom is -0.370 e. The van der Waals surface area contributed by atoms with E-state index in [1.165, 1.54) is 0 Å². The van der Waals surface area contributed by atoms with E-state index >= 15 is 0 Å². The fourth-order valence-electron chi connectivity index (χ4n) is 3.45. The van der Waals surface area contributed by atoms with Gasteiger partial charge >= 0.3 is 0 Å². The lowest BCUT2D eigenvalue weighted by molar-refractivity contribution is 0.0735. The van der Waals surface area contributed by atoms with Crippen molar-refractivity contribution in [3.63, 3.8) is 0 Å². The van der Waals surface area contributed by atoms with Crippen LogP contribution in [0.15, 0.2) is 29.6 Å². The molecule has 0 radical (unpaired) electrons. The third-order valence-electron chi connectivity index (χ3n) is 4.92. The van der Waals surface area contributed by atoms with Crippen molar-refractivity contribution in [1.82, 2.24) is 24.6 Å². The van der Waals surface area contributed by atoms with Gasteiger partial charge in [-0.1, -0.05) is 6.07 Å². The molecule has 0 atom stereocenters. The van der Waals surface area contributed by atoms with E-state index in [9.17, 15) is 4.79 Å². The summed E-state index contributed by atoms with van der Waals surface area (Å²) >= 11 is 1.62. The molecule has 0 bridgehead atoms. The van der Waals surface area contributed by atoms with Crippen LogP contribution in [-0.4, -0.2) is 63.3 Å². The van der Waals surface area contributed by atoms with Crippen LogP contribution in [0.5, 0.6) is 0 Å². The number of aryl methyl sites for hydroxylation is 2. The first-order chi connectivity index (χ1) is 14.0. The lowest BCUT2D eigenvalue weighted by Crippen LogP contribution is -2.49. The number of piperazine rings is 1. The zero-order valence-corrected chi connectivity index (χ0v) is 17.7. The first-order valence-electron chi connectivity index (χ1n) is 9.77. The predicted octanol–water partition coefficient (Wildman–Crippen LogP) is 2.64. The summed E-state index contributed by atoms with van der Waals surface area (Å²) in [6.45, 7) is 7.50. The Morgan fingerprint density at radius 3 is 2.69 bits per heavy atom. The van der Waals surface area contributed by atoms with Crippen LogP contribution in [0.3, 0.4) is 0 Å². The standard InChI is InChI=1S/C20H25N7OS/c1-4-21-18-12-14(2)22-20(23-18)27-9-7-26(8-10-27)19(28)16-13-15(24-25(16)3)17-6-5-11-29-17/h5-6,11-13H,4,7-10H2,1-3H3,(H,21,22,23). The van der Waals surface area contributed by atoms with Gasteiger partial charge in [-0.3, -0.25) is 9.48 Å². The highest BCUT2D eigenvalue weighted by Crippen LogP contribution is 2.24. The van der Waals surface area contributed by atoms with Crippen LogP contribution >= 0.6 is 11.3 Å². The van der Waals surface area contributed by atoms with Gasteiger partial charge in [0.1, 0.15) is 17.2 Å². The van der Waals surface area contributed by atoms with Crippen molar-refractivity contribution in [2.75, 3.05) is 42.9 Å². The van der Waals surface area contributed by atoms with E-state index in [4.69, 9.17) is 0 Å². The van der Waals surface area contributed by atoms with Crippen LogP contribution in [0.25, 0.3) is 10.6 Å². The number of carbonyl (C=O) groups excluding carboxylic acids is 1. The summed E-state index contributed by atoms with van der Waals surface area (Å²) in [5.74, 6) is 1.57. The van der Waals surface area contributed by atoms with Crippen LogP contribution in [0.2, 0.25) is 0 Å². The summed E-state index contributed by atoms with van der Waals surface area (Å²) < 4.78 is 1.68. The van der Waals surface area contributed by atoms with Crippen LogP contribution in [0.1, 0.15) is 23.1 Å². The number of amides is 1. The fraction of sp³-hybridized carbons (Fsp3) is 0.400. The molecule has 1 fully saturated rings. The highest BCUT2D eigenvalue weighted by Gasteiger charge is 2.26. The van der Waals surface area contributed by atoms with Gasteiger partial charge in [0.15, 0.2) is 0 Å². The molecule has 1 amide bonds. The maximum Gasteiger partial charge on any atom is 0.272 e. The minimum atomic E-state index is 0.0148. The van der Waals surface area contributed by atoms with Gasteiger partial charge in [-0.25, -0.2) is 4.98 Å². The summed E-state index contributed by atoms with van der Waals surface area (Å²) in [6.07, 6.45) is 0. The molecule has 0 saturated carbocycles. The Bertz CT molecular complexity index is 990. The lowest BCUT2D eigenvalue weighted by Gasteiger charge is -2.34. The zero-order valence-electron chi connectivity index (χ0n) is 16.9. The van der Waals surface area contributed by atoms with E-state index in [2.05, 4.69) is 25.3 Å². The average Bonchev–Trinajstić information content (AvgIpc) is 3.37. The van der Waals surface area contributed by atoms with Crippen LogP contribution in [0, 0.1) is 6.92 Å². The Labute approximate surface area is 174 Å². The quantitative estimate of drug-likeness (QED) is 0.695. The number of rotatable bonds is 5. The van der Waals surface area contributed by atoms with Gasteiger partial charge in [0.25, 0.3) is 5.91 Å². The van der Waals surface area contributed by atoms with E-state index in [1.54, 1.807) is 16.0 Å². The molecule has 4 heterocycles. The second-order valence-corrected chi connectivity index (χ2v) is 7.97. The highest BCUT2D eigenvalue weighted by atomic mass is 32.1. The molecule has 8 nitrogen and oxygen atoms in total. The summed E-state index contributed by atoms with van der Waals surface area (Å²) in [7, 11) is 1.82. The largest absolute Gasteiger partial charge is 0.370 e. The zero-order chi connectivity index (χ0) is 20.4. The number of hydrogen-bond donors (Lipinski definition) is 1. The fourth-order valence-corrected chi connectivity index (χ4v) is 4.13. The first-order valence-corrected chi connectivity index (χ1v) is 10.6. The monoisotopic (exact) mass is 411 g/mol. The Morgan fingerprint density at radius 1 is 1.21 bits per heavy atom. The van der Waals surface area contributed by atoms with E-state index in [1.807, 2.05) is 55.4 Å². The van der Waals surface area contributed by atoms with Crippen LogP contribution < -0.4 is 10.2 Å². The third-order valence-corrected chi connectivity index (χ3v) is 5.81. The van der Waals surface area contributed by atoms with Gasteiger partial charge in [0, 0.05) is 51.5 Å².